The van der Waals surface area contributed by atoms with Crippen molar-refractivity contribution in [3.63, 3.8) is 0 Å². The molecule has 27 heavy (non-hydrogen) atoms. The Morgan fingerprint density at radius 1 is 0.778 bits per heavy atom. The predicted octanol–water partition coefficient (Wildman–Crippen LogP) is 4.08. The van der Waals surface area contributed by atoms with Crippen molar-refractivity contribution in [3.8, 4) is 11.5 Å². The first-order valence-corrected chi connectivity index (χ1v) is 10.00. The van der Waals surface area contributed by atoms with Gasteiger partial charge in [0.15, 0.2) is 0 Å². The summed E-state index contributed by atoms with van der Waals surface area (Å²) in [6.07, 6.45) is 9.43. The molecule has 1 rings (SSSR count). The molecule has 0 spiro atoms. The Labute approximate surface area is 170 Å². The van der Waals surface area contributed by atoms with Gasteiger partial charge in [0.2, 0.25) is 0 Å². The average molecular weight is 404 g/mol. The number of ether oxygens (including phenoxy) is 2. The van der Waals surface area contributed by atoms with Crippen LogP contribution in [0.5, 0.6) is 11.5 Å². The Kier molecular flexibility index (Phi) is 15.4. The zero-order chi connectivity index (χ0) is 19.1. The monoisotopic (exact) mass is 403 g/mol. The molecule has 0 saturated heterocycles. The predicted molar refractivity (Wildman–Crippen MR) is 113 cm³/mol. The van der Waals surface area contributed by atoms with Crippen LogP contribution in [0.3, 0.4) is 0 Å². The minimum Gasteiger partial charge on any atom is -0.494 e. The summed E-state index contributed by atoms with van der Waals surface area (Å²) in [5.41, 5.74) is 5.01. The van der Waals surface area contributed by atoms with E-state index in [2.05, 4.69) is 6.92 Å². The highest BCUT2D eigenvalue weighted by atomic mass is 35.5. The van der Waals surface area contributed by atoms with E-state index in [0.717, 1.165) is 50.2 Å². The number of benzene rings is 1. The number of rotatable bonds is 16. The lowest BCUT2D eigenvalue weighted by Crippen LogP contribution is -2.47. The molecule has 0 atom stereocenters. The molecule has 0 saturated carbocycles. The van der Waals surface area contributed by atoms with Crippen molar-refractivity contribution in [1.82, 2.24) is 0 Å². The molecule has 1 aromatic carbocycles. The highest BCUT2D eigenvalue weighted by Gasteiger charge is 2.21. The summed E-state index contributed by atoms with van der Waals surface area (Å²) >= 11 is 0. The lowest BCUT2D eigenvalue weighted by Gasteiger charge is -2.24. The van der Waals surface area contributed by atoms with Gasteiger partial charge in [0.05, 0.1) is 32.0 Å². The van der Waals surface area contributed by atoms with E-state index in [4.69, 9.17) is 25.4 Å². The van der Waals surface area contributed by atoms with Crippen molar-refractivity contribution < 1.29 is 19.7 Å². The summed E-state index contributed by atoms with van der Waals surface area (Å²) in [5.74, 6) is 1.76. The molecular formula is C21H38ClNO4. The van der Waals surface area contributed by atoms with E-state index < -0.39 is 5.54 Å². The maximum Gasteiger partial charge on any atom is 0.119 e. The number of unbranched alkanes of at least 4 members (excludes halogenated alkanes) is 6. The van der Waals surface area contributed by atoms with Gasteiger partial charge in [0.25, 0.3) is 0 Å². The molecule has 0 bridgehead atoms. The molecular weight excluding hydrogens is 366 g/mol. The topological polar surface area (TPSA) is 84.9 Å². The van der Waals surface area contributed by atoms with E-state index >= 15 is 0 Å². The highest BCUT2D eigenvalue weighted by Crippen LogP contribution is 2.19. The zero-order valence-electron chi connectivity index (χ0n) is 16.7. The fraction of sp³-hybridized carbons (Fsp3) is 0.714. The molecule has 0 unspecified atom stereocenters. The largest absolute Gasteiger partial charge is 0.494 e. The van der Waals surface area contributed by atoms with Gasteiger partial charge in [0, 0.05) is 0 Å². The van der Waals surface area contributed by atoms with E-state index in [1.165, 1.54) is 19.3 Å². The molecule has 5 nitrogen and oxygen atoms in total. The van der Waals surface area contributed by atoms with Gasteiger partial charge in [-0.1, -0.05) is 45.4 Å². The lowest BCUT2D eigenvalue weighted by molar-refractivity contribution is 0.112. The quantitative estimate of drug-likeness (QED) is 0.362. The third-order valence-electron chi connectivity index (χ3n) is 4.56. The van der Waals surface area contributed by atoms with Crippen LogP contribution in [-0.2, 0) is 0 Å². The van der Waals surface area contributed by atoms with Crippen molar-refractivity contribution in [3.05, 3.63) is 24.3 Å². The minimum absolute atomic E-state index is 0. The maximum atomic E-state index is 9.14. The van der Waals surface area contributed by atoms with Crippen LogP contribution in [0, 0.1) is 0 Å². The molecule has 0 amide bonds. The van der Waals surface area contributed by atoms with Crippen LogP contribution >= 0.6 is 12.4 Å². The van der Waals surface area contributed by atoms with Crippen molar-refractivity contribution in [2.75, 3.05) is 26.4 Å². The van der Waals surface area contributed by atoms with Gasteiger partial charge < -0.3 is 25.4 Å². The van der Waals surface area contributed by atoms with Gasteiger partial charge in [-0.05, 0) is 43.5 Å². The molecule has 6 heteroatoms. The molecule has 0 aliphatic rings. The summed E-state index contributed by atoms with van der Waals surface area (Å²) < 4.78 is 11.5. The molecule has 0 heterocycles. The first-order valence-electron chi connectivity index (χ1n) is 10.00. The van der Waals surface area contributed by atoms with Crippen LogP contribution < -0.4 is 15.2 Å². The van der Waals surface area contributed by atoms with Gasteiger partial charge in [-0.2, -0.15) is 0 Å². The Morgan fingerprint density at radius 3 is 1.67 bits per heavy atom. The minimum atomic E-state index is -0.837. The smallest absolute Gasteiger partial charge is 0.119 e. The van der Waals surface area contributed by atoms with Crippen LogP contribution in [-0.4, -0.2) is 42.2 Å². The third kappa shape index (κ3) is 12.1. The fourth-order valence-corrected chi connectivity index (χ4v) is 2.68. The number of hydrogen-bond donors (Lipinski definition) is 3. The normalized spacial score (nSPS) is 11.1. The van der Waals surface area contributed by atoms with E-state index in [0.29, 0.717) is 13.0 Å². The fourth-order valence-electron chi connectivity index (χ4n) is 2.68. The van der Waals surface area contributed by atoms with E-state index in [1.54, 1.807) is 0 Å². The number of nitrogens with two attached hydrogens (primary N) is 1. The van der Waals surface area contributed by atoms with Gasteiger partial charge >= 0.3 is 0 Å². The molecule has 1 aromatic rings. The second-order valence-electron chi connectivity index (χ2n) is 7.07. The summed E-state index contributed by atoms with van der Waals surface area (Å²) in [7, 11) is 0. The van der Waals surface area contributed by atoms with Gasteiger partial charge in [0.1, 0.15) is 11.5 Å². The maximum absolute atomic E-state index is 9.14. The molecule has 0 aromatic heterocycles. The number of aliphatic hydroxyl groups excluding tert-OH is 2. The van der Waals surface area contributed by atoms with Crippen molar-refractivity contribution in [2.45, 2.75) is 70.3 Å². The number of hydrogen-bond acceptors (Lipinski definition) is 5. The zero-order valence-corrected chi connectivity index (χ0v) is 17.5. The molecule has 4 N–H and O–H groups in total. The first kappa shape index (κ1) is 26.0. The summed E-state index contributed by atoms with van der Waals surface area (Å²) in [4.78, 5) is 0. The summed E-state index contributed by atoms with van der Waals surface area (Å²) in [5, 5.41) is 18.3. The van der Waals surface area contributed by atoms with Crippen molar-refractivity contribution >= 4 is 12.4 Å². The second kappa shape index (κ2) is 16.0. The average Bonchev–Trinajstić information content (AvgIpc) is 2.68. The Balaban J connectivity index is 0.00000676. The standard InChI is InChI=1S/C21H37NO4.ClH/c1-2-3-4-8-15-25-19-10-12-20(13-11-19)26-16-9-6-5-7-14-21(22,17-23)18-24;/h10-13,23-24H,2-9,14-18,22H2,1H3;1H. The van der Waals surface area contributed by atoms with E-state index in [-0.39, 0.29) is 25.6 Å². The Bertz CT molecular complexity index is 452. The van der Waals surface area contributed by atoms with Crippen LogP contribution in [0.2, 0.25) is 0 Å². The summed E-state index contributed by atoms with van der Waals surface area (Å²) in [6.45, 7) is 3.32. The molecule has 0 aliphatic heterocycles. The molecule has 0 aliphatic carbocycles. The Hall–Kier alpha value is -1.01. The van der Waals surface area contributed by atoms with Gasteiger partial charge in [-0.3, -0.25) is 0 Å². The van der Waals surface area contributed by atoms with Crippen LogP contribution in [0.25, 0.3) is 0 Å². The SMILES string of the molecule is CCCCCCOc1ccc(OCCCCCCC(N)(CO)CO)cc1.Cl. The lowest BCUT2D eigenvalue weighted by atomic mass is 9.95. The van der Waals surface area contributed by atoms with Crippen molar-refractivity contribution in [2.24, 2.45) is 5.73 Å². The number of halogens is 1. The third-order valence-corrected chi connectivity index (χ3v) is 4.56. The van der Waals surface area contributed by atoms with Crippen LogP contribution in [0.1, 0.15) is 64.7 Å². The van der Waals surface area contributed by atoms with Crippen LogP contribution in [0.4, 0.5) is 0 Å². The van der Waals surface area contributed by atoms with Crippen molar-refractivity contribution in [1.29, 1.82) is 0 Å². The molecule has 0 fully saturated rings. The molecule has 0 radical (unpaired) electrons. The summed E-state index contributed by atoms with van der Waals surface area (Å²) in [6, 6.07) is 7.82. The van der Waals surface area contributed by atoms with E-state index in [1.807, 2.05) is 24.3 Å². The highest BCUT2D eigenvalue weighted by molar-refractivity contribution is 5.85. The van der Waals surface area contributed by atoms with E-state index in [9.17, 15) is 0 Å². The number of aliphatic hydroxyl groups is 2. The first-order chi connectivity index (χ1) is 12.6. The van der Waals surface area contributed by atoms with Crippen LogP contribution in [0.15, 0.2) is 24.3 Å². The second-order valence-corrected chi connectivity index (χ2v) is 7.07. The van der Waals surface area contributed by atoms with Gasteiger partial charge in [-0.25, -0.2) is 0 Å². The molecule has 158 valence electrons. The Morgan fingerprint density at radius 2 is 1.22 bits per heavy atom. The van der Waals surface area contributed by atoms with Gasteiger partial charge in [-0.15, -0.1) is 12.4 Å².